The van der Waals surface area contributed by atoms with Crippen LogP contribution >= 0.6 is 0 Å². The van der Waals surface area contributed by atoms with Gasteiger partial charge in [-0.25, -0.2) is 4.57 Å². The first-order valence-electron chi connectivity index (χ1n) is 15.8. The van der Waals surface area contributed by atoms with Crippen molar-refractivity contribution in [3.63, 3.8) is 0 Å². The smallest absolute Gasteiger partial charge is 0.171 e. The first-order chi connectivity index (χ1) is 16.9. The summed E-state index contributed by atoms with van der Waals surface area (Å²) in [6, 6.07) is 4.58. The van der Waals surface area contributed by atoms with Crippen molar-refractivity contribution >= 4 is 0 Å². The normalized spacial score (nSPS) is 11.4. The van der Waals surface area contributed by atoms with E-state index < -0.39 is 0 Å². The molecule has 0 fully saturated rings. The molecule has 1 aromatic rings. The van der Waals surface area contributed by atoms with E-state index in [1.165, 1.54) is 173 Å². The van der Waals surface area contributed by atoms with Crippen molar-refractivity contribution in [2.45, 2.75) is 181 Å². The van der Waals surface area contributed by atoms with Gasteiger partial charge in [-0.3, -0.25) is 0 Å². The van der Waals surface area contributed by atoms with Crippen LogP contribution < -0.4 is 4.57 Å². The van der Waals surface area contributed by atoms with Crippen LogP contribution in [0.15, 0.2) is 24.5 Å². The van der Waals surface area contributed by atoms with Gasteiger partial charge in [-0.2, -0.15) is 0 Å². The number of aromatic nitrogens is 1. The lowest BCUT2D eigenvalue weighted by molar-refractivity contribution is -0.697. The molecule has 0 saturated carbocycles. The van der Waals surface area contributed by atoms with E-state index in [1.54, 1.807) is 0 Å². The number of unbranched alkanes of at least 4 members (excludes halogenated alkanes) is 22. The third kappa shape index (κ3) is 20.5. The molecular weight excluding hydrogens is 410 g/mol. The number of nitrogens with zero attached hydrogens (tertiary/aromatic N) is 1. The summed E-state index contributed by atoms with van der Waals surface area (Å²) < 4.78 is 2.43. The van der Waals surface area contributed by atoms with Crippen LogP contribution in [0.25, 0.3) is 0 Å². The molecule has 1 heterocycles. The van der Waals surface area contributed by atoms with Crippen molar-refractivity contribution in [2.75, 3.05) is 0 Å². The zero-order valence-corrected chi connectivity index (χ0v) is 23.6. The summed E-state index contributed by atoms with van der Waals surface area (Å²) in [6.07, 6.45) is 40.3. The minimum atomic E-state index is 1.20. The summed E-state index contributed by atoms with van der Waals surface area (Å²) in [7, 11) is 0. The van der Waals surface area contributed by atoms with Crippen molar-refractivity contribution in [3.05, 3.63) is 30.1 Å². The second-order valence-electron chi connectivity index (χ2n) is 11.0. The van der Waals surface area contributed by atoms with Crippen LogP contribution in [0.4, 0.5) is 0 Å². The summed E-state index contributed by atoms with van der Waals surface area (Å²) in [4.78, 5) is 0. The molecule has 0 spiro atoms. The van der Waals surface area contributed by atoms with Crippen LogP contribution in [-0.2, 0) is 13.0 Å². The van der Waals surface area contributed by atoms with Crippen molar-refractivity contribution in [1.29, 1.82) is 0 Å². The van der Waals surface area contributed by atoms with E-state index in [0.29, 0.717) is 0 Å². The Morgan fingerprint density at radius 1 is 0.471 bits per heavy atom. The van der Waals surface area contributed by atoms with Crippen LogP contribution in [0.5, 0.6) is 0 Å². The Bertz CT molecular complexity index is 523. The number of rotatable bonds is 26. The van der Waals surface area contributed by atoms with Crippen molar-refractivity contribution in [2.24, 2.45) is 0 Å². The summed E-state index contributed by atoms with van der Waals surface area (Å²) in [5.74, 6) is 0. The standard InChI is InChI=1S/C33H62N/c1-3-5-7-9-11-12-13-14-15-16-17-18-19-20-21-23-25-28-33-29-27-31-34(32-33)30-26-24-22-10-8-6-4-2/h27,29,31-32H,3-26,28,30H2,1-2H3/q+1. The molecule has 0 unspecified atom stereocenters. The molecule has 0 amide bonds. The first kappa shape index (κ1) is 31.2. The van der Waals surface area contributed by atoms with Gasteiger partial charge in [0, 0.05) is 18.1 Å². The first-order valence-corrected chi connectivity index (χ1v) is 15.8. The Kier molecular flexibility index (Phi) is 23.2. The molecule has 0 bridgehead atoms. The minimum absolute atomic E-state index is 1.20. The van der Waals surface area contributed by atoms with Gasteiger partial charge in [0.05, 0.1) is 0 Å². The van der Waals surface area contributed by atoms with E-state index in [0.717, 1.165) is 0 Å². The Morgan fingerprint density at radius 3 is 1.29 bits per heavy atom. The topological polar surface area (TPSA) is 3.88 Å². The van der Waals surface area contributed by atoms with Gasteiger partial charge in [-0.15, -0.1) is 0 Å². The third-order valence-electron chi connectivity index (χ3n) is 7.51. The lowest BCUT2D eigenvalue weighted by atomic mass is 10.0. The average molecular weight is 473 g/mol. The van der Waals surface area contributed by atoms with E-state index in [9.17, 15) is 0 Å². The van der Waals surface area contributed by atoms with Gasteiger partial charge in [-0.1, -0.05) is 149 Å². The Morgan fingerprint density at radius 2 is 0.853 bits per heavy atom. The van der Waals surface area contributed by atoms with E-state index in [2.05, 4.69) is 42.9 Å². The summed E-state index contributed by atoms with van der Waals surface area (Å²) >= 11 is 0. The Hall–Kier alpha value is -0.850. The molecule has 0 aliphatic carbocycles. The maximum absolute atomic E-state index is 2.43. The molecule has 1 nitrogen and oxygen atoms in total. The molecule has 34 heavy (non-hydrogen) atoms. The van der Waals surface area contributed by atoms with E-state index >= 15 is 0 Å². The molecular formula is C33H62N+. The number of aryl methyl sites for hydroxylation is 2. The Labute approximate surface area is 215 Å². The summed E-state index contributed by atoms with van der Waals surface area (Å²) in [5, 5.41) is 0. The van der Waals surface area contributed by atoms with E-state index in [4.69, 9.17) is 0 Å². The molecule has 1 heteroatoms. The lowest BCUT2D eigenvalue weighted by Gasteiger charge is -2.04. The van der Waals surface area contributed by atoms with Crippen LogP contribution in [-0.4, -0.2) is 0 Å². The molecule has 198 valence electrons. The van der Waals surface area contributed by atoms with Gasteiger partial charge in [0.1, 0.15) is 6.54 Å². The van der Waals surface area contributed by atoms with Gasteiger partial charge in [0.15, 0.2) is 12.4 Å². The maximum atomic E-state index is 2.43. The van der Waals surface area contributed by atoms with Crippen LogP contribution in [0.2, 0.25) is 0 Å². The average Bonchev–Trinajstić information content (AvgIpc) is 2.85. The monoisotopic (exact) mass is 472 g/mol. The fourth-order valence-electron chi connectivity index (χ4n) is 5.17. The largest absolute Gasteiger partial charge is 0.205 e. The predicted octanol–water partition coefficient (Wildman–Crippen LogP) is 10.9. The lowest BCUT2D eigenvalue weighted by Crippen LogP contribution is -2.33. The second-order valence-corrected chi connectivity index (χ2v) is 11.0. The van der Waals surface area contributed by atoms with Crippen molar-refractivity contribution in [1.82, 2.24) is 0 Å². The van der Waals surface area contributed by atoms with Gasteiger partial charge in [0.25, 0.3) is 0 Å². The van der Waals surface area contributed by atoms with Crippen molar-refractivity contribution < 1.29 is 4.57 Å². The molecule has 0 saturated heterocycles. The predicted molar refractivity (Wildman–Crippen MR) is 152 cm³/mol. The summed E-state index contributed by atoms with van der Waals surface area (Å²) in [5.41, 5.74) is 1.53. The van der Waals surface area contributed by atoms with E-state index in [-0.39, 0.29) is 0 Å². The molecule has 0 atom stereocenters. The highest BCUT2D eigenvalue weighted by Gasteiger charge is 2.03. The maximum Gasteiger partial charge on any atom is 0.171 e. The van der Waals surface area contributed by atoms with Gasteiger partial charge < -0.3 is 0 Å². The zero-order chi connectivity index (χ0) is 24.4. The van der Waals surface area contributed by atoms with Crippen LogP contribution in [0, 0.1) is 0 Å². The minimum Gasteiger partial charge on any atom is -0.205 e. The molecule has 0 radical (unpaired) electrons. The van der Waals surface area contributed by atoms with E-state index in [1.807, 2.05) is 0 Å². The highest BCUT2D eigenvalue weighted by molar-refractivity contribution is 5.05. The van der Waals surface area contributed by atoms with Gasteiger partial charge in [-0.05, 0) is 25.3 Å². The quantitative estimate of drug-likeness (QED) is 0.0932. The van der Waals surface area contributed by atoms with Gasteiger partial charge in [0.2, 0.25) is 0 Å². The highest BCUT2D eigenvalue weighted by atomic mass is 14.9. The molecule has 1 rings (SSSR count). The molecule has 0 aromatic carbocycles. The summed E-state index contributed by atoms with van der Waals surface area (Å²) in [6.45, 7) is 5.79. The van der Waals surface area contributed by atoms with Crippen molar-refractivity contribution in [3.8, 4) is 0 Å². The number of pyridine rings is 1. The number of hydrogen-bond donors (Lipinski definition) is 0. The van der Waals surface area contributed by atoms with Gasteiger partial charge >= 0.3 is 0 Å². The third-order valence-corrected chi connectivity index (χ3v) is 7.51. The SMILES string of the molecule is CCCCCCCCCCCCCCCCCCCc1ccc[n+](CCCCCCCCC)c1. The fraction of sp³-hybridized carbons (Fsp3) is 0.848. The molecule has 1 aromatic heterocycles. The fourth-order valence-corrected chi connectivity index (χ4v) is 5.17. The molecule has 0 aliphatic heterocycles. The van der Waals surface area contributed by atoms with Crippen LogP contribution in [0.3, 0.4) is 0 Å². The second kappa shape index (κ2) is 25.2. The zero-order valence-electron chi connectivity index (χ0n) is 23.6. The number of hydrogen-bond acceptors (Lipinski definition) is 0. The Balaban J connectivity index is 1.86. The molecule has 0 aliphatic rings. The van der Waals surface area contributed by atoms with Crippen LogP contribution in [0.1, 0.15) is 174 Å². The molecule has 0 N–H and O–H groups in total. The highest BCUT2D eigenvalue weighted by Crippen LogP contribution is 2.14.